The normalized spacial score (nSPS) is 12.5. The lowest BCUT2D eigenvalue weighted by atomic mass is 10.00. The van der Waals surface area contributed by atoms with Gasteiger partial charge in [-0.1, -0.05) is 39.7 Å². The van der Waals surface area contributed by atoms with E-state index in [9.17, 15) is 4.39 Å². The lowest BCUT2D eigenvalue weighted by Crippen LogP contribution is -1.98. The van der Waals surface area contributed by atoms with E-state index in [-0.39, 0.29) is 5.82 Å². The molecule has 0 nitrogen and oxygen atoms in total. The van der Waals surface area contributed by atoms with Crippen molar-refractivity contribution in [1.29, 1.82) is 0 Å². The highest BCUT2D eigenvalue weighted by Gasteiger charge is 2.18. The third-order valence-electron chi connectivity index (χ3n) is 3.12. The van der Waals surface area contributed by atoms with Crippen LogP contribution in [0.1, 0.15) is 27.6 Å². The summed E-state index contributed by atoms with van der Waals surface area (Å²) < 4.78 is 13.8. The third kappa shape index (κ3) is 3.13. The monoisotopic (exact) mass is 360 g/mol. The molecule has 100 valence electrons. The molecule has 2 aromatic rings. The molecular weight excluding hydrogens is 350 g/mol. The molecule has 0 N–H and O–H groups in total. The van der Waals surface area contributed by atoms with Crippen LogP contribution in [0.25, 0.3) is 0 Å². The van der Waals surface area contributed by atoms with Gasteiger partial charge in [0, 0.05) is 9.50 Å². The molecule has 0 radical (unpaired) electrons. The van der Waals surface area contributed by atoms with Crippen molar-refractivity contribution in [3.05, 3.63) is 67.9 Å². The van der Waals surface area contributed by atoms with Gasteiger partial charge in [-0.3, -0.25) is 0 Å². The van der Waals surface area contributed by atoms with Gasteiger partial charge in [0.2, 0.25) is 0 Å². The summed E-state index contributed by atoms with van der Waals surface area (Å²) in [5, 5.41) is 0.209. The Morgan fingerprint density at radius 1 is 1.05 bits per heavy atom. The van der Waals surface area contributed by atoms with Crippen molar-refractivity contribution in [2.24, 2.45) is 0 Å². The second-order valence-corrected chi connectivity index (χ2v) is 6.18. The number of hydrogen-bond acceptors (Lipinski definition) is 0. The predicted octanol–water partition coefficient (Wildman–Crippen LogP) is 6.19. The summed E-state index contributed by atoms with van der Waals surface area (Å²) in [6.07, 6.45) is 0. The predicted molar refractivity (Wildman–Crippen MR) is 82.7 cm³/mol. The molecule has 0 saturated heterocycles. The van der Waals surface area contributed by atoms with E-state index in [2.05, 4.69) is 15.9 Å². The largest absolute Gasteiger partial charge is 0.207 e. The molecule has 1 atom stereocenters. The Bertz CT molecular complexity index is 626. The molecule has 0 aliphatic rings. The molecule has 0 saturated carbocycles. The third-order valence-corrected chi connectivity index (χ3v) is 4.61. The van der Waals surface area contributed by atoms with Gasteiger partial charge in [0.15, 0.2) is 0 Å². The van der Waals surface area contributed by atoms with Gasteiger partial charge in [0.25, 0.3) is 0 Å². The number of hydrogen-bond donors (Lipinski definition) is 0. The minimum absolute atomic E-state index is 0.300. The van der Waals surface area contributed by atoms with E-state index < -0.39 is 5.38 Å². The van der Waals surface area contributed by atoms with Gasteiger partial charge >= 0.3 is 0 Å². The summed E-state index contributed by atoms with van der Waals surface area (Å²) in [4.78, 5) is 0. The van der Waals surface area contributed by atoms with Crippen molar-refractivity contribution in [3.63, 3.8) is 0 Å². The van der Waals surface area contributed by atoms with Crippen LogP contribution in [0.15, 0.2) is 34.8 Å². The smallest absolute Gasteiger partial charge is 0.124 e. The molecule has 0 bridgehead atoms. The average molecular weight is 362 g/mol. The van der Waals surface area contributed by atoms with E-state index in [0.717, 1.165) is 22.3 Å². The molecule has 0 amide bonds. The molecular formula is C15H12BrCl2F. The lowest BCUT2D eigenvalue weighted by Gasteiger charge is -2.16. The van der Waals surface area contributed by atoms with Crippen molar-refractivity contribution in [3.8, 4) is 0 Å². The SMILES string of the molecule is Cc1cc(Cl)c(C(Cl)c2ccc(F)cc2Br)cc1C. The lowest BCUT2D eigenvalue weighted by molar-refractivity contribution is 0.626. The Morgan fingerprint density at radius 3 is 2.32 bits per heavy atom. The zero-order valence-electron chi connectivity index (χ0n) is 10.5. The molecule has 4 heteroatoms. The molecule has 2 aromatic carbocycles. The van der Waals surface area contributed by atoms with E-state index >= 15 is 0 Å². The van der Waals surface area contributed by atoms with E-state index in [4.69, 9.17) is 23.2 Å². The fraction of sp³-hybridized carbons (Fsp3) is 0.200. The fourth-order valence-electron chi connectivity index (χ4n) is 1.87. The molecule has 0 spiro atoms. The maximum absolute atomic E-state index is 13.1. The fourth-order valence-corrected chi connectivity index (χ4v) is 3.34. The first-order valence-electron chi connectivity index (χ1n) is 5.76. The van der Waals surface area contributed by atoms with E-state index in [1.807, 2.05) is 26.0 Å². The highest BCUT2D eigenvalue weighted by atomic mass is 79.9. The van der Waals surface area contributed by atoms with Crippen LogP contribution in [0.2, 0.25) is 5.02 Å². The summed E-state index contributed by atoms with van der Waals surface area (Å²) in [5.74, 6) is -0.300. The highest BCUT2D eigenvalue weighted by molar-refractivity contribution is 9.10. The minimum atomic E-state index is -0.415. The molecule has 1 unspecified atom stereocenters. The number of alkyl halides is 1. The van der Waals surface area contributed by atoms with Gasteiger partial charge < -0.3 is 0 Å². The van der Waals surface area contributed by atoms with Crippen molar-refractivity contribution in [1.82, 2.24) is 0 Å². The minimum Gasteiger partial charge on any atom is -0.207 e. The number of aryl methyl sites for hydroxylation is 2. The van der Waals surface area contributed by atoms with Crippen LogP contribution in [0, 0.1) is 19.7 Å². The Labute approximate surface area is 130 Å². The van der Waals surface area contributed by atoms with Crippen LogP contribution in [0.5, 0.6) is 0 Å². The topological polar surface area (TPSA) is 0 Å². The maximum atomic E-state index is 13.1. The van der Waals surface area contributed by atoms with Crippen molar-refractivity contribution in [2.75, 3.05) is 0 Å². The van der Waals surface area contributed by atoms with Gasteiger partial charge in [0.05, 0.1) is 5.38 Å². The van der Waals surface area contributed by atoms with Crippen LogP contribution < -0.4 is 0 Å². The van der Waals surface area contributed by atoms with E-state index in [0.29, 0.717) is 9.50 Å². The van der Waals surface area contributed by atoms with Crippen LogP contribution in [0.3, 0.4) is 0 Å². The van der Waals surface area contributed by atoms with Crippen LogP contribution >= 0.6 is 39.1 Å². The summed E-state index contributed by atoms with van der Waals surface area (Å²) in [5.41, 5.74) is 3.88. The van der Waals surface area contributed by atoms with Crippen LogP contribution in [0.4, 0.5) is 4.39 Å². The van der Waals surface area contributed by atoms with Gasteiger partial charge in [-0.05, 0) is 54.3 Å². The quantitative estimate of drug-likeness (QED) is 0.559. The van der Waals surface area contributed by atoms with Gasteiger partial charge in [-0.25, -0.2) is 4.39 Å². The van der Waals surface area contributed by atoms with Crippen molar-refractivity contribution >= 4 is 39.1 Å². The molecule has 2 rings (SSSR count). The van der Waals surface area contributed by atoms with Gasteiger partial charge in [-0.2, -0.15) is 0 Å². The second-order valence-electron chi connectivity index (χ2n) is 4.49. The molecule has 0 fully saturated rings. The zero-order valence-corrected chi connectivity index (χ0v) is 13.6. The number of halogens is 4. The highest BCUT2D eigenvalue weighted by Crippen LogP contribution is 2.38. The Morgan fingerprint density at radius 2 is 1.68 bits per heavy atom. The van der Waals surface area contributed by atoms with Crippen LogP contribution in [-0.4, -0.2) is 0 Å². The van der Waals surface area contributed by atoms with Crippen LogP contribution in [-0.2, 0) is 0 Å². The van der Waals surface area contributed by atoms with E-state index in [1.165, 1.54) is 12.1 Å². The molecule has 0 aromatic heterocycles. The second kappa shape index (κ2) is 5.82. The maximum Gasteiger partial charge on any atom is 0.124 e. The zero-order chi connectivity index (χ0) is 14.2. The Hall–Kier alpha value is -0.570. The van der Waals surface area contributed by atoms with Gasteiger partial charge in [0.1, 0.15) is 5.82 Å². The molecule has 0 heterocycles. The first-order valence-corrected chi connectivity index (χ1v) is 7.36. The van der Waals surface area contributed by atoms with Gasteiger partial charge in [-0.15, -0.1) is 11.6 Å². The Balaban J connectivity index is 2.49. The van der Waals surface area contributed by atoms with E-state index in [1.54, 1.807) is 6.07 Å². The summed E-state index contributed by atoms with van der Waals surface area (Å²) >= 11 is 16.1. The standard InChI is InChI=1S/C15H12BrCl2F/c1-8-5-12(14(17)6-9(8)2)15(18)11-4-3-10(19)7-13(11)16/h3-7,15H,1-2H3. The summed E-state index contributed by atoms with van der Waals surface area (Å²) in [6, 6.07) is 8.34. The molecule has 19 heavy (non-hydrogen) atoms. The first-order chi connectivity index (χ1) is 8.90. The van der Waals surface area contributed by atoms with Crippen molar-refractivity contribution < 1.29 is 4.39 Å². The summed E-state index contributed by atoms with van der Waals surface area (Å²) in [6.45, 7) is 4.01. The average Bonchev–Trinajstić information content (AvgIpc) is 2.33. The number of rotatable bonds is 2. The van der Waals surface area contributed by atoms with Crippen molar-refractivity contribution in [2.45, 2.75) is 19.2 Å². The molecule has 0 aliphatic carbocycles. The molecule has 0 aliphatic heterocycles. The Kier molecular flexibility index (Phi) is 4.54. The number of benzene rings is 2. The first kappa shape index (κ1) is 14.8. The summed E-state index contributed by atoms with van der Waals surface area (Å²) in [7, 11) is 0.